The molecule has 0 bridgehead atoms. The van der Waals surface area contributed by atoms with Crippen LogP contribution in [0.4, 0.5) is 0 Å². The summed E-state index contributed by atoms with van der Waals surface area (Å²) in [5.74, 6) is 0.917. The molecule has 0 unspecified atom stereocenters. The number of nitrogens with zero attached hydrogens (tertiary/aromatic N) is 3. The van der Waals surface area contributed by atoms with Crippen molar-refractivity contribution in [3.63, 3.8) is 0 Å². The Balaban J connectivity index is 1.30. The van der Waals surface area contributed by atoms with Crippen LogP contribution in [-0.4, -0.2) is 22.6 Å². The summed E-state index contributed by atoms with van der Waals surface area (Å²) in [6.45, 7) is 4.72. The predicted octanol–water partition coefficient (Wildman–Crippen LogP) is 9.41. The lowest BCUT2D eigenvalue weighted by molar-refractivity contribution is 0.608. The van der Waals surface area contributed by atoms with Crippen molar-refractivity contribution in [1.82, 2.24) is 14.5 Å². The van der Waals surface area contributed by atoms with Crippen LogP contribution in [0.5, 0.6) is 0 Å². The van der Waals surface area contributed by atoms with E-state index in [-0.39, 0.29) is 5.41 Å². The third-order valence-electron chi connectivity index (χ3n) is 11.3. The van der Waals surface area contributed by atoms with E-state index in [2.05, 4.69) is 182 Å². The minimum atomic E-state index is -2.91. The lowest BCUT2D eigenvalue weighted by atomic mass is 9.77. The molecule has 6 aromatic carbocycles. The first-order valence-electron chi connectivity index (χ1n) is 18.5. The average molecular weight is 728 g/mol. The standard InChI is InChI=1S/C49H37N3SSi/c1-49(2)41-22-9-10-24-46(41)53-47-32-40-39-27-26-38(31-44(39)52(45(40)33-42(47)49)48-25-12-14-29-51-48)54(35-17-5-3-6-18-35,36-19-7-4-8-20-36)37-21-15-16-34(30-37)43-23-11-13-28-50-43/h3-33H,1-2H3. The van der Waals surface area contributed by atoms with Gasteiger partial charge in [0.25, 0.3) is 0 Å². The molecule has 0 saturated carbocycles. The maximum atomic E-state index is 4.98. The average Bonchev–Trinajstić information content (AvgIpc) is 3.55. The molecule has 0 radical (unpaired) electrons. The second-order valence-electron chi connectivity index (χ2n) is 14.6. The molecule has 258 valence electrons. The number of aromatic nitrogens is 3. The van der Waals surface area contributed by atoms with Gasteiger partial charge in [0.2, 0.25) is 0 Å². The van der Waals surface area contributed by atoms with Crippen molar-refractivity contribution >= 4 is 62.4 Å². The van der Waals surface area contributed by atoms with Gasteiger partial charge in [0.15, 0.2) is 8.07 Å². The van der Waals surface area contributed by atoms with Crippen LogP contribution in [0.2, 0.25) is 0 Å². The molecule has 0 N–H and O–H groups in total. The number of hydrogen-bond acceptors (Lipinski definition) is 3. The van der Waals surface area contributed by atoms with E-state index < -0.39 is 8.07 Å². The Kier molecular flexibility index (Phi) is 7.75. The van der Waals surface area contributed by atoms with Crippen LogP contribution in [0, 0.1) is 0 Å². The van der Waals surface area contributed by atoms with Crippen molar-refractivity contribution in [3.8, 4) is 17.1 Å². The van der Waals surface area contributed by atoms with E-state index in [0.717, 1.165) is 22.6 Å². The normalized spacial score (nSPS) is 13.4. The summed E-state index contributed by atoms with van der Waals surface area (Å²) in [5, 5.41) is 7.77. The van der Waals surface area contributed by atoms with Gasteiger partial charge < -0.3 is 0 Å². The molecular formula is C49H37N3SSi. The van der Waals surface area contributed by atoms with Crippen molar-refractivity contribution in [2.45, 2.75) is 29.1 Å². The molecule has 0 fully saturated rings. The highest BCUT2D eigenvalue weighted by molar-refractivity contribution is 7.99. The van der Waals surface area contributed by atoms with Gasteiger partial charge in [0.05, 0.1) is 16.7 Å². The van der Waals surface area contributed by atoms with Gasteiger partial charge in [-0.1, -0.05) is 153 Å². The number of fused-ring (bicyclic) bond motifs is 5. The van der Waals surface area contributed by atoms with E-state index in [1.54, 1.807) is 0 Å². The van der Waals surface area contributed by atoms with Crippen molar-refractivity contribution in [2.24, 2.45) is 0 Å². The minimum absolute atomic E-state index is 0.150. The number of pyridine rings is 2. The largest absolute Gasteiger partial charge is 0.294 e. The quantitative estimate of drug-likeness (QED) is 0.126. The number of hydrogen-bond donors (Lipinski definition) is 0. The monoisotopic (exact) mass is 727 g/mol. The highest BCUT2D eigenvalue weighted by Crippen LogP contribution is 2.51. The van der Waals surface area contributed by atoms with Crippen LogP contribution in [0.1, 0.15) is 25.0 Å². The fourth-order valence-electron chi connectivity index (χ4n) is 8.74. The van der Waals surface area contributed by atoms with Crippen molar-refractivity contribution in [2.75, 3.05) is 0 Å². The van der Waals surface area contributed by atoms with E-state index in [0.29, 0.717) is 0 Å². The maximum Gasteiger partial charge on any atom is 0.179 e. The van der Waals surface area contributed by atoms with E-state index >= 15 is 0 Å². The van der Waals surface area contributed by atoms with Gasteiger partial charge in [-0.15, -0.1) is 0 Å². The first-order chi connectivity index (χ1) is 26.5. The second-order valence-corrected chi connectivity index (χ2v) is 19.5. The summed E-state index contributed by atoms with van der Waals surface area (Å²) in [4.78, 5) is 12.4. The number of benzene rings is 6. The molecular weight excluding hydrogens is 691 g/mol. The molecule has 54 heavy (non-hydrogen) atoms. The summed E-state index contributed by atoms with van der Waals surface area (Å²) in [7, 11) is -2.91. The summed E-state index contributed by atoms with van der Waals surface area (Å²) in [6, 6.07) is 64.8. The summed E-state index contributed by atoms with van der Waals surface area (Å²) in [5.41, 5.74) is 7.00. The van der Waals surface area contributed by atoms with Gasteiger partial charge in [-0.05, 0) is 80.4 Å². The lowest BCUT2D eigenvalue weighted by Crippen LogP contribution is -2.74. The molecule has 5 heteroatoms. The van der Waals surface area contributed by atoms with Gasteiger partial charge in [-0.3, -0.25) is 9.55 Å². The summed E-state index contributed by atoms with van der Waals surface area (Å²) < 4.78 is 2.40. The molecule has 9 aromatic rings. The maximum absolute atomic E-state index is 4.98. The van der Waals surface area contributed by atoms with E-state index in [9.17, 15) is 0 Å². The third kappa shape index (κ3) is 5.03. The Morgan fingerprint density at radius 3 is 1.85 bits per heavy atom. The fraction of sp³-hybridized carbons (Fsp3) is 0.0612. The molecule has 4 heterocycles. The fourth-order valence-corrected chi connectivity index (χ4v) is 14.9. The van der Waals surface area contributed by atoms with Gasteiger partial charge >= 0.3 is 0 Å². The smallest absolute Gasteiger partial charge is 0.179 e. The lowest BCUT2D eigenvalue weighted by Gasteiger charge is -2.34. The third-order valence-corrected chi connectivity index (χ3v) is 17.2. The minimum Gasteiger partial charge on any atom is -0.294 e. The zero-order valence-electron chi connectivity index (χ0n) is 30.1. The van der Waals surface area contributed by atoms with Gasteiger partial charge in [-0.25, -0.2) is 4.98 Å². The molecule has 10 rings (SSSR count). The molecule has 1 aliphatic rings. The van der Waals surface area contributed by atoms with Crippen molar-refractivity contribution in [1.29, 1.82) is 0 Å². The molecule has 0 amide bonds. The Hall–Kier alpha value is -6.01. The van der Waals surface area contributed by atoms with Crippen LogP contribution in [-0.2, 0) is 5.41 Å². The Labute approximate surface area is 321 Å². The second kappa shape index (κ2) is 12.8. The molecule has 0 atom stereocenters. The molecule has 0 saturated heterocycles. The van der Waals surface area contributed by atoms with Crippen LogP contribution < -0.4 is 20.7 Å². The Morgan fingerprint density at radius 2 is 1.13 bits per heavy atom. The molecule has 0 aliphatic carbocycles. The molecule has 1 aliphatic heterocycles. The van der Waals surface area contributed by atoms with Gasteiger partial charge in [0.1, 0.15) is 5.82 Å². The van der Waals surface area contributed by atoms with E-state index in [4.69, 9.17) is 9.97 Å². The van der Waals surface area contributed by atoms with Crippen molar-refractivity contribution in [3.05, 3.63) is 199 Å². The first kappa shape index (κ1) is 32.6. The topological polar surface area (TPSA) is 30.7 Å². The Morgan fingerprint density at radius 1 is 0.481 bits per heavy atom. The van der Waals surface area contributed by atoms with Gasteiger partial charge in [-0.2, -0.15) is 0 Å². The predicted molar refractivity (Wildman–Crippen MR) is 228 cm³/mol. The molecule has 0 spiro atoms. The zero-order valence-corrected chi connectivity index (χ0v) is 32.0. The number of rotatable bonds is 6. The zero-order chi connectivity index (χ0) is 36.3. The van der Waals surface area contributed by atoms with Crippen LogP contribution in [0.25, 0.3) is 38.9 Å². The van der Waals surface area contributed by atoms with E-state index in [1.807, 2.05) is 36.3 Å². The molecule has 3 aromatic heterocycles. The molecule has 3 nitrogen and oxygen atoms in total. The van der Waals surface area contributed by atoms with Crippen LogP contribution in [0.3, 0.4) is 0 Å². The van der Waals surface area contributed by atoms with Crippen LogP contribution >= 0.6 is 11.8 Å². The highest BCUT2D eigenvalue weighted by Gasteiger charge is 2.42. The van der Waals surface area contributed by atoms with E-state index in [1.165, 1.54) is 58.0 Å². The van der Waals surface area contributed by atoms with Crippen molar-refractivity contribution < 1.29 is 0 Å². The summed E-state index contributed by atoms with van der Waals surface area (Å²) in [6.07, 6.45) is 3.78. The highest BCUT2D eigenvalue weighted by atomic mass is 32.2. The SMILES string of the molecule is CC1(C)c2ccccc2Sc2cc3c4ccc([Si](c5ccccc5)(c5ccccc5)c5cccc(-c6ccccn6)c5)cc4n(-c4ccccn4)c3cc21. The first-order valence-corrected chi connectivity index (χ1v) is 21.3. The van der Waals surface area contributed by atoms with Gasteiger partial charge in [0, 0.05) is 43.9 Å². The van der Waals surface area contributed by atoms with Crippen LogP contribution in [0.15, 0.2) is 198 Å². The Bertz CT molecular complexity index is 2780. The summed E-state index contributed by atoms with van der Waals surface area (Å²) >= 11 is 1.89.